The van der Waals surface area contributed by atoms with Crippen molar-refractivity contribution in [3.05, 3.63) is 0 Å². The van der Waals surface area contributed by atoms with Crippen molar-refractivity contribution in [1.29, 1.82) is 0 Å². The largest absolute Gasteiger partial charge is 0.394 e. The lowest BCUT2D eigenvalue weighted by atomic mass is 9.35. The van der Waals surface area contributed by atoms with Gasteiger partial charge in [0.25, 0.3) is 0 Å². The highest BCUT2D eigenvalue weighted by atomic mass is 16.8. The standard InChI is InChI=1S/C41H68O13/c1-35(2)24-10-14-38(6)25(17-22-27-20(9-13-39(27,38)7)40(8)15-16-41(53-22,54-40)36(3,4)48)37(24,5)12-11-26(35)51-34-32(28(44)21(43)19-49-34)52-33-31(47)30(46)29(45)23(18-42)50-33/h20-34,42-48H,9-19H2,1-8H3/t20-,21-,22-,23+,24+,25-,26+,27-,28+,29+,30-,31+,32-,33-,34-,37+,38-,39-,40+,41+/m1/s1. The number of aliphatic hydroxyl groups is 7. The molecule has 4 aliphatic heterocycles. The quantitative estimate of drug-likeness (QED) is 0.195. The van der Waals surface area contributed by atoms with E-state index in [2.05, 4.69) is 41.5 Å². The smallest absolute Gasteiger partial charge is 0.197 e. The number of rotatable bonds is 6. The molecule has 0 aromatic rings. The third-order valence-electron chi connectivity index (χ3n) is 17.6. The van der Waals surface area contributed by atoms with E-state index in [1.807, 2.05) is 13.8 Å². The molecular weight excluding hydrogens is 700 g/mol. The molecule has 4 saturated carbocycles. The summed E-state index contributed by atoms with van der Waals surface area (Å²) in [6.07, 6.45) is -4.65. The van der Waals surface area contributed by atoms with Crippen LogP contribution in [0.1, 0.15) is 113 Å². The molecule has 0 amide bonds. The molecule has 0 aromatic heterocycles. The predicted molar refractivity (Wildman–Crippen MR) is 192 cm³/mol. The fourth-order valence-corrected chi connectivity index (χ4v) is 14.3. The minimum Gasteiger partial charge on any atom is -0.394 e. The second-order valence-electron chi connectivity index (χ2n) is 20.8. The third kappa shape index (κ3) is 5.50. The summed E-state index contributed by atoms with van der Waals surface area (Å²) >= 11 is 0. The first-order valence-electron chi connectivity index (χ1n) is 20.8. The molecule has 4 heterocycles. The lowest BCUT2D eigenvalue weighted by Crippen LogP contribution is -2.68. The number of aliphatic hydroxyl groups excluding tert-OH is 6. The van der Waals surface area contributed by atoms with Crippen LogP contribution >= 0.6 is 0 Å². The van der Waals surface area contributed by atoms with Gasteiger partial charge < -0.3 is 64.2 Å². The molecule has 4 saturated heterocycles. The second kappa shape index (κ2) is 13.0. The summed E-state index contributed by atoms with van der Waals surface area (Å²) in [6, 6.07) is 0. The van der Waals surface area contributed by atoms with E-state index in [-0.39, 0.29) is 52.0 Å². The Bertz CT molecular complexity index is 1420. The monoisotopic (exact) mass is 768 g/mol. The van der Waals surface area contributed by atoms with Crippen molar-refractivity contribution in [3.63, 3.8) is 0 Å². The van der Waals surface area contributed by atoms with Crippen molar-refractivity contribution in [1.82, 2.24) is 0 Å². The first kappa shape index (κ1) is 40.3. The van der Waals surface area contributed by atoms with Crippen LogP contribution in [0.5, 0.6) is 0 Å². The zero-order valence-corrected chi connectivity index (χ0v) is 33.5. The van der Waals surface area contributed by atoms with Crippen LogP contribution in [0, 0.1) is 45.3 Å². The highest BCUT2D eigenvalue weighted by Crippen LogP contribution is 2.78. The Labute approximate surface area is 320 Å². The molecule has 13 nitrogen and oxygen atoms in total. The Morgan fingerprint density at radius 1 is 0.741 bits per heavy atom. The van der Waals surface area contributed by atoms with Gasteiger partial charge in [0.1, 0.15) is 48.3 Å². The Morgan fingerprint density at radius 2 is 1.44 bits per heavy atom. The van der Waals surface area contributed by atoms with Crippen LogP contribution in [-0.2, 0) is 28.4 Å². The van der Waals surface area contributed by atoms with Gasteiger partial charge in [0.15, 0.2) is 18.4 Å². The average Bonchev–Trinajstić information content (AvgIpc) is 3.62. The topological polar surface area (TPSA) is 197 Å². The molecule has 7 N–H and O–H groups in total. The molecule has 8 rings (SSSR count). The molecule has 20 atom stereocenters. The van der Waals surface area contributed by atoms with Crippen LogP contribution in [0.15, 0.2) is 0 Å². The Kier molecular flexibility index (Phi) is 9.69. The zero-order chi connectivity index (χ0) is 39.2. The summed E-state index contributed by atoms with van der Waals surface area (Å²) in [5, 5.41) is 74.4. The summed E-state index contributed by atoms with van der Waals surface area (Å²) in [4.78, 5) is 0. The number of hydrogen-bond acceptors (Lipinski definition) is 13. The van der Waals surface area contributed by atoms with Gasteiger partial charge in [0, 0.05) is 6.42 Å². The van der Waals surface area contributed by atoms with Gasteiger partial charge in [-0.1, -0.05) is 34.6 Å². The van der Waals surface area contributed by atoms with E-state index in [4.69, 9.17) is 28.4 Å². The molecule has 13 heteroatoms. The molecule has 0 aromatic carbocycles. The maximum Gasteiger partial charge on any atom is 0.197 e. The second-order valence-corrected chi connectivity index (χ2v) is 20.8. The first-order valence-corrected chi connectivity index (χ1v) is 20.8. The zero-order valence-electron chi connectivity index (χ0n) is 33.5. The maximum absolute atomic E-state index is 11.6. The summed E-state index contributed by atoms with van der Waals surface area (Å²) in [6.45, 7) is 17.3. The molecular formula is C41H68O13. The van der Waals surface area contributed by atoms with Crippen molar-refractivity contribution < 1.29 is 64.2 Å². The highest BCUT2D eigenvalue weighted by Gasteiger charge is 2.75. The molecule has 2 bridgehead atoms. The molecule has 8 aliphatic rings. The van der Waals surface area contributed by atoms with E-state index in [9.17, 15) is 35.7 Å². The predicted octanol–water partition coefficient (Wildman–Crippen LogP) is 2.36. The normalized spacial score (nSPS) is 58.2. The van der Waals surface area contributed by atoms with Gasteiger partial charge in [-0.2, -0.15) is 0 Å². The van der Waals surface area contributed by atoms with Crippen molar-refractivity contribution in [2.45, 2.75) is 198 Å². The van der Waals surface area contributed by atoms with Gasteiger partial charge >= 0.3 is 0 Å². The van der Waals surface area contributed by atoms with E-state index in [1.54, 1.807) is 0 Å². The van der Waals surface area contributed by atoms with Gasteiger partial charge in [-0.15, -0.1) is 0 Å². The van der Waals surface area contributed by atoms with Gasteiger partial charge in [0.2, 0.25) is 0 Å². The molecule has 0 radical (unpaired) electrons. The number of hydrogen-bond donors (Lipinski definition) is 7. The number of fused-ring (bicyclic) bond motifs is 7. The molecule has 4 aliphatic carbocycles. The summed E-state index contributed by atoms with van der Waals surface area (Å²) in [5.74, 6) is 0.347. The van der Waals surface area contributed by atoms with Gasteiger partial charge in [-0.25, -0.2) is 0 Å². The van der Waals surface area contributed by atoms with Crippen LogP contribution in [0.4, 0.5) is 0 Å². The molecule has 8 fully saturated rings. The molecule has 0 unspecified atom stereocenters. The van der Waals surface area contributed by atoms with Gasteiger partial charge in [0.05, 0.1) is 31.0 Å². The lowest BCUT2D eigenvalue weighted by Gasteiger charge is -2.71. The summed E-state index contributed by atoms with van der Waals surface area (Å²) < 4.78 is 38.6. The SMILES string of the molecule is CC1(C)[C@@H](O[C@H]2OC[C@@H](O)[C@H](O)[C@H]2O[C@H]2O[C@@H](CO)[C@H](O)[C@@H](O)[C@@H]2O)CC[C@]2(C)[C@H]3C[C@H]4O[C@@]5(C(C)(C)O)CC[C@](C)(O5)[C@@H]5CC[C@](C)([C@H]54)[C@]3(C)CC[C@@H]12. The molecule has 0 spiro atoms. The first-order chi connectivity index (χ1) is 25.1. The van der Waals surface area contributed by atoms with Crippen LogP contribution in [0.3, 0.4) is 0 Å². The fraction of sp³-hybridized carbons (Fsp3) is 1.00. The van der Waals surface area contributed by atoms with Crippen molar-refractivity contribution >= 4 is 0 Å². The third-order valence-corrected chi connectivity index (χ3v) is 17.6. The van der Waals surface area contributed by atoms with Gasteiger partial charge in [-0.05, 0) is 117 Å². The van der Waals surface area contributed by atoms with Crippen LogP contribution in [0.25, 0.3) is 0 Å². The minimum absolute atomic E-state index is 0.0225. The van der Waals surface area contributed by atoms with Gasteiger partial charge in [-0.3, -0.25) is 0 Å². The minimum atomic E-state index is -1.69. The fourth-order valence-electron chi connectivity index (χ4n) is 14.3. The summed E-state index contributed by atoms with van der Waals surface area (Å²) in [5.41, 5.74) is -1.72. The van der Waals surface area contributed by atoms with Crippen LogP contribution < -0.4 is 0 Å². The van der Waals surface area contributed by atoms with Crippen molar-refractivity contribution in [3.8, 4) is 0 Å². The Hall–Kier alpha value is -0.520. The molecule has 54 heavy (non-hydrogen) atoms. The van der Waals surface area contributed by atoms with Crippen LogP contribution in [0.2, 0.25) is 0 Å². The lowest BCUT2D eigenvalue weighted by molar-refractivity contribution is -0.368. The van der Waals surface area contributed by atoms with E-state index in [1.165, 1.54) is 0 Å². The summed E-state index contributed by atoms with van der Waals surface area (Å²) in [7, 11) is 0. The van der Waals surface area contributed by atoms with E-state index in [0.717, 1.165) is 51.4 Å². The van der Waals surface area contributed by atoms with Crippen molar-refractivity contribution in [2.75, 3.05) is 13.2 Å². The van der Waals surface area contributed by atoms with E-state index >= 15 is 0 Å². The maximum atomic E-state index is 11.6. The number of ether oxygens (including phenoxy) is 6. The van der Waals surface area contributed by atoms with Crippen LogP contribution in [-0.4, -0.2) is 133 Å². The van der Waals surface area contributed by atoms with E-state index in [0.29, 0.717) is 24.2 Å². The Morgan fingerprint density at radius 3 is 2.13 bits per heavy atom. The molecule has 310 valence electrons. The van der Waals surface area contributed by atoms with Crippen molar-refractivity contribution in [2.24, 2.45) is 45.3 Å². The Balaban J connectivity index is 1.06. The average molecular weight is 769 g/mol. The van der Waals surface area contributed by atoms with E-state index < -0.39 is 73.3 Å². The highest BCUT2D eigenvalue weighted by molar-refractivity contribution is 5.22.